The van der Waals surface area contributed by atoms with Gasteiger partial charge in [-0.2, -0.15) is 5.10 Å². The normalized spacial score (nSPS) is 11.6. The standard InChI is InChI=1S/C21H27N5O/c1-3-12-22-21(23-13-11-20-10-7-14-27-20)25(2)16-18-15-24-26(17-18)19-8-5-4-6-9-19/h4-10,14-15,17H,3,11-13,16H2,1-2H3,(H,22,23). The van der Waals surface area contributed by atoms with E-state index >= 15 is 0 Å². The largest absolute Gasteiger partial charge is 0.469 e. The van der Waals surface area contributed by atoms with E-state index in [0.29, 0.717) is 0 Å². The van der Waals surface area contributed by atoms with Gasteiger partial charge < -0.3 is 14.6 Å². The van der Waals surface area contributed by atoms with E-state index in [0.717, 1.165) is 55.4 Å². The van der Waals surface area contributed by atoms with Gasteiger partial charge in [-0.15, -0.1) is 0 Å². The summed E-state index contributed by atoms with van der Waals surface area (Å²) in [6.07, 6.45) is 7.52. The average Bonchev–Trinajstić information content (AvgIpc) is 3.37. The Morgan fingerprint density at radius 2 is 2.07 bits per heavy atom. The maximum atomic E-state index is 5.39. The Hall–Kier alpha value is -3.02. The molecule has 0 saturated heterocycles. The van der Waals surface area contributed by atoms with Crippen LogP contribution in [-0.2, 0) is 13.0 Å². The topological polar surface area (TPSA) is 58.6 Å². The Kier molecular flexibility index (Phi) is 6.68. The number of para-hydroxylation sites is 1. The van der Waals surface area contributed by atoms with Crippen molar-refractivity contribution in [2.24, 2.45) is 4.99 Å². The molecule has 2 heterocycles. The molecular formula is C21H27N5O. The van der Waals surface area contributed by atoms with Crippen LogP contribution in [0, 0.1) is 0 Å². The van der Waals surface area contributed by atoms with Crippen LogP contribution in [-0.4, -0.2) is 40.8 Å². The molecule has 0 aliphatic rings. The van der Waals surface area contributed by atoms with Crippen molar-refractivity contribution in [1.82, 2.24) is 20.0 Å². The highest BCUT2D eigenvalue weighted by Gasteiger charge is 2.09. The third-order valence-corrected chi connectivity index (χ3v) is 4.16. The third-order valence-electron chi connectivity index (χ3n) is 4.16. The summed E-state index contributed by atoms with van der Waals surface area (Å²) in [6.45, 7) is 4.46. The Morgan fingerprint density at radius 1 is 1.22 bits per heavy atom. The molecule has 0 unspecified atom stereocenters. The Labute approximate surface area is 160 Å². The van der Waals surface area contributed by atoms with E-state index in [9.17, 15) is 0 Å². The molecular weight excluding hydrogens is 338 g/mol. The molecule has 0 saturated carbocycles. The molecule has 0 atom stereocenters. The van der Waals surface area contributed by atoms with Gasteiger partial charge in [0.25, 0.3) is 0 Å². The SMILES string of the molecule is CCCN=C(NCCc1ccco1)N(C)Cc1cnn(-c2ccccc2)c1. The van der Waals surface area contributed by atoms with Crippen molar-refractivity contribution < 1.29 is 4.42 Å². The molecule has 3 aromatic rings. The number of aliphatic imine (C=N–C) groups is 1. The lowest BCUT2D eigenvalue weighted by Gasteiger charge is -2.22. The van der Waals surface area contributed by atoms with E-state index in [1.54, 1.807) is 6.26 Å². The van der Waals surface area contributed by atoms with Crippen LogP contribution in [0.25, 0.3) is 5.69 Å². The van der Waals surface area contributed by atoms with Gasteiger partial charge in [0.05, 0.1) is 18.1 Å². The van der Waals surface area contributed by atoms with Crippen LogP contribution in [0.1, 0.15) is 24.7 Å². The molecule has 27 heavy (non-hydrogen) atoms. The van der Waals surface area contributed by atoms with E-state index in [2.05, 4.69) is 28.4 Å². The van der Waals surface area contributed by atoms with Crippen LogP contribution in [0.4, 0.5) is 0 Å². The van der Waals surface area contributed by atoms with Crippen molar-refractivity contribution in [1.29, 1.82) is 0 Å². The molecule has 0 bridgehead atoms. The number of rotatable bonds is 8. The predicted molar refractivity (Wildman–Crippen MR) is 108 cm³/mol. The van der Waals surface area contributed by atoms with Crippen molar-refractivity contribution in [2.45, 2.75) is 26.3 Å². The van der Waals surface area contributed by atoms with Gasteiger partial charge in [-0.1, -0.05) is 25.1 Å². The molecule has 1 aromatic carbocycles. The molecule has 0 amide bonds. The second-order valence-electron chi connectivity index (χ2n) is 6.45. The lowest BCUT2D eigenvalue weighted by Crippen LogP contribution is -2.39. The number of guanidine groups is 1. The number of hydrogen-bond donors (Lipinski definition) is 1. The van der Waals surface area contributed by atoms with E-state index in [1.165, 1.54) is 0 Å². The second kappa shape index (κ2) is 9.62. The molecule has 1 N–H and O–H groups in total. The maximum Gasteiger partial charge on any atom is 0.193 e. The molecule has 3 rings (SSSR count). The first-order chi connectivity index (χ1) is 13.3. The molecule has 142 valence electrons. The maximum absolute atomic E-state index is 5.39. The summed E-state index contributed by atoms with van der Waals surface area (Å²) in [7, 11) is 2.05. The van der Waals surface area contributed by atoms with Crippen molar-refractivity contribution in [3.8, 4) is 5.69 Å². The minimum Gasteiger partial charge on any atom is -0.469 e. The summed E-state index contributed by atoms with van der Waals surface area (Å²) in [4.78, 5) is 6.82. The lowest BCUT2D eigenvalue weighted by molar-refractivity contribution is 0.468. The van der Waals surface area contributed by atoms with E-state index in [1.807, 2.05) is 60.4 Å². The summed E-state index contributed by atoms with van der Waals surface area (Å²) < 4.78 is 7.29. The second-order valence-corrected chi connectivity index (χ2v) is 6.45. The van der Waals surface area contributed by atoms with Gasteiger partial charge in [0.2, 0.25) is 0 Å². The predicted octanol–water partition coefficient (Wildman–Crippen LogP) is 3.50. The zero-order valence-electron chi connectivity index (χ0n) is 16.0. The van der Waals surface area contributed by atoms with Crippen LogP contribution in [0.3, 0.4) is 0 Å². The van der Waals surface area contributed by atoms with Gasteiger partial charge in [0.1, 0.15) is 5.76 Å². The highest BCUT2D eigenvalue weighted by atomic mass is 16.3. The molecule has 6 nitrogen and oxygen atoms in total. The van der Waals surface area contributed by atoms with Crippen LogP contribution in [0.2, 0.25) is 0 Å². The van der Waals surface area contributed by atoms with Crippen molar-refractivity contribution in [3.63, 3.8) is 0 Å². The fourth-order valence-electron chi connectivity index (χ4n) is 2.79. The summed E-state index contributed by atoms with van der Waals surface area (Å²) >= 11 is 0. The number of aromatic nitrogens is 2. The van der Waals surface area contributed by atoms with Gasteiger partial charge in [0.15, 0.2) is 5.96 Å². The Balaban J connectivity index is 1.60. The highest BCUT2D eigenvalue weighted by Crippen LogP contribution is 2.09. The van der Waals surface area contributed by atoms with Crippen LogP contribution in [0.15, 0.2) is 70.5 Å². The van der Waals surface area contributed by atoms with Gasteiger partial charge >= 0.3 is 0 Å². The molecule has 6 heteroatoms. The zero-order chi connectivity index (χ0) is 18.9. The van der Waals surface area contributed by atoms with Gasteiger partial charge in [-0.25, -0.2) is 4.68 Å². The summed E-state index contributed by atoms with van der Waals surface area (Å²) in [5.74, 6) is 1.87. The fourth-order valence-corrected chi connectivity index (χ4v) is 2.79. The van der Waals surface area contributed by atoms with E-state index < -0.39 is 0 Å². The Bertz CT molecular complexity index is 823. The van der Waals surface area contributed by atoms with E-state index in [-0.39, 0.29) is 0 Å². The minimum absolute atomic E-state index is 0.739. The molecule has 0 fully saturated rings. The first kappa shape index (κ1) is 18.8. The molecule has 0 spiro atoms. The first-order valence-corrected chi connectivity index (χ1v) is 9.37. The van der Waals surface area contributed by atoms with Crippen molar-refractivity contribution in [3.05, 3.63) is 72.4 Å². The van der Waals surface area contributed by atoms with Crippen LogP contribution < -0.4 is 5.32 Å². The average molecular weight is 365 g/mol. The lowest BCUT2D eigenvalue weighted by atomic mass is 10.3. The zero-order valence-corrected chi connectivity index (χ0v) is 16.0. The number of benzene rings is 1. The minimum atomic E-state index is 0.739. The van der Waals surface area contributed by atoms with Gasteiger partial charge in [-0.3, -0.25) is 4.99 Å². The summed E-state index contributed by atoms with van der Waals surface area (Å²) in [5.41, 5.74) is 2.20. The highest BCUT2D eigenvalue weighted by molar-refractivity contribution is 5.79. The molecule has 0 radical (unpaired) electrons. The molecule has 0 aliphatic carbocycles. The monoisotopic (exact) mass is 365 g/mol. The summed E-state index contributed by atoms with van der Waals surface area (Å²) in [5, 5.41) is 7.91. The van der Waals surface area contributed by atoms with Gasteiger partial charge in [-0.05, 0) is 30.7 Å². The van der Waals surface area contributed by atoms with Crippen molar-refractivity contribution in [2.75, 3.05) is 20.1 Å². The van der Waals surface area contributed by atoms with Crippen LogP contribution >= 0.6 is 0 Å². The smallest absolute Gasteiger partial charge is 0.193 e. The Morgan fingerprint density at radius 3 is 2.81 bits per heavy atom. The number of hydrogen-bond acceptors (Lipinski definition) is 3. The quantitative estimate of drug-likeness (QED) is 0.490. The van der Waals surface area contributed by atoms with E-state index in [4.69, 9.17) is 9.41 Å². The van der Waals surface area contributed by atoms with Crippen LogP contribution in [0.5, 0.6) is 0 Å². The number of nitrogens with zero attached hydrogens (tertiary/aromatic N) is 4. The first-order valence-electron chi connectivity index (χ1n) is 9.37. The van der Waals surface area contributed by atoms with Crippen molar-refractivity contribution >= 4 is 5.96 Å². The fraction of sp³-hybridized carbons (Fsp3) is 0.333. The summed E-state index contributed by atoms with van der Waals surface area (Å²) in [6, 6.07) is 14.0. The number of nitrogens with one attached hydrogen (secondary N) is 1. The third kappa shape index (κ3) is 5.48. The molecule has 2 aromatic heterocycles. The number of furan rings is 1. The molecule has 0 aliphatic heterocycles. The van der Waals surface area contributed by atoms with Gasteiger partial charge in [0, 0.05) is 44.9 Å².